The number of aromatic nitrogens is 2. The predicted octanol–water partition coefficient (Wildman–Crippen LogP) is 2.14. The lowest BCUT2D eigenvalue weighted by Crippen LogP contribution is -2.41. The fourth-order valence-corrected chi connectivity index (χ4v) is 1.97. The van der Waals surface area contributed by atoms with E-state index in [4.69, 9.17) is 4.42 Å². The summed E-state index contributed by atoms with van der Waals surface area (Å²) in [6, 6.07) is 0.450. The lowest BCUT2D eigenvalue weighted by atomic mass is 9.91. The molecule has 1 aromatic rings. The molecule has 1 aliphatic rings. The molecule has 0 saturated heterocycles. The maximum atomic E-state index is 11.9. The minimum absolute atomic E-state index is 0.170. The van der Waals surface area contributed by atoms with Crippen molar-refractivity contribution in [3.8, 4) is 0 Å². The van der Waals surface area contributed by atoms with Crippen LogP contribution in [0.2, 0.25) is 0 Å². The van der Waals surface area contributed by atoms with Crippen LogP contribution in [0.4, 0.5) is 0 Å². The molecule has 0 aromatic carbocycles. The first-order valence-electron chi connectivity index (χ1n) is 6.66. The Morgan fingerprint density at radius 2 is 2.17 bits per heavy atom. The Hall–Kier alpha value is -1.39. The molecule has 1 heterocycles. The summed E-state index contributed by atoms with van der Waals surface area (Å²) >= 11 is 0. The fourth-order valence-electron chi connectivity index (χ4n) is 1.97. The van der Waals surface area contributed by atoms with Gasteiger partial charge in [0.05, 0.1) is 0 Å². The second kappa shape index (κ2) is 5.50. The molecule has 0 aliphatic heterocycles. The molecule has 0 radical (unpaired) electrons. The molecule has 0 atom stereocenters. The zero-order valence-corrected chi connectivity index (χ0v) is 11.3. The predicted molar refractivity (Wildman–Crippen MR) is 67.1 cm³/mol. The normalized spacial score (nSPS) is 15.8. The number of carbonyl (C=O) groups excluding carboxylic acids is 1. The lowest BCUT2D eigenvalue weighted by Gasteiger charge is -2.34. The molecule has 18 heavy (non-hydrogen) atoms. The third kappa shape index (κ3) is 2.89. The van der Waals surface area contributed by atoms with Crippen LogP contribution in [0.3, 0.4) is 0 Å². The highest BCUT2D eigenvalue weighted by Gasteiger charge is 2.25. The number of rotatable bonds is 5. The summed E-state index contributed by atoms with van der Waals surface area (Å²) in [5, 5.41) is 7.92. The number of hydrogen-bond donors (Lipinski definition) is 0. The topological polar surface area (TPSA) is 59.2 Å². The van der Waals surface area contributed by atoms with E-state index >= 15 is 0 Å². The van der Waals surface area contributed by atoms with E-state index in [-0.39, 0.29) is 11.8 Å². The van der Waals surface area contributed by atoms with Gasteiger partial charge in [-0.15, -0.1) is 10.2 Å². The van der Waals surface area contributed by atoms with Gasteiger partial charge in [-0.3, -0.25) is 4.79 Å². The van der Waals surface area contributed by atoms with Crippen LogP contribution >= 0.6 is 0 Å². The molecule has 1 saturated carbocycles. The van der Waals surface area contributed by atoms with Crippen molar-refractivity contribution < 1.29 is 9.21 Å². The van der Waals surface area contributed by atoms with Crippen LogP contribution < -0.4 is 0 Å². The van der Waals surface area contributed by atoms with E-state index < -0.39 is 0 Å². The Labute approximate surface area is 108 Å². The second-order valence-corrected chi connectivity index (χ2v) is 5.28. The molecule has 0 bridgehead atoms. The van der Waals surface area contributed by atoms with Gasteiger partial charge >= 0.3 is 0 Å². The van der Waals surface area contributed by atoms with Gasteiger partial charge in [-0.25, -0.2) is 0 Å². The monoisotopic (exact) mass is 251 g/mol. The Balaban J connectivity index is 1.81. The van der Waals surface area contributed by atoms with E-state index in [2.05, 4.69) is 10.2 Å². The van der Waals surface area contributed by atoms with Crippen molar-refractivity contribution in [1.82, 2.24) is 15.1 Å². The summed E-state index contributed by atoms with van der Waals surface area (Å²) < 4.78 is 5.48. The quantitative estimate of drug-likeness (QED) is 0.804. The Morgan fingerprint density at radius 1 is 1.44 bits per heavy atom. The molecule has 1 aromatic heterocycles. The third-order valence-corrected chi connectivity index (χ3v) is 3.54. The van der Waals surface area contributed by atoms with E-state index in [9.17, 15) is 4.79 Å². The van der Waals surface area contributed by atoms with E-state index in [1.807, 2.05) is 25.8 Å². The Bertz CT molecular complexity index is 410. The molecule has 0 spiro atoms. The van der Waals surface area contributed by atoms with Crippen molar-refractivity contribution in [3.63, 3.8) is 0 Å². The van der Waals surface area contributed by atoms with Crippen LogP contribution in [0.1, 0.15) is 57.2 Å². The van der Waals surface area contributed by atoms with Gasteiger partial charge in [0.1, 0.15) is 0 Å². The van der Waals surface area contributed by atoms with Crippen molar-refractivity contribution in [2.24, 2.45) is 0 Å². The van der Waals surface area contributed by atoms with Gasteiger partial charge in [0.15, 0.2) is 0 Å². The molecule has 1 fully saturated rings. The van der Waals surface area contributed by atoms with E-state index in [1.54, 1.807) is 0 Å². The molecule has 1 amide bonds. The Morgan fingerprint density at radius 3 is 2.67 bits per heavy atom. The van der Waals surface area contributed by atoms with Gasteiger partial charge in [0.25, 0.3) is 0 Å². The summed E-state index contributed by atoms with van der Waals surface area (Å²) in [7, 11) is 1.89. The maximum absolute atomic E-state index is 11.9. The zero-order chi connectivity index (χ0) is 13.1. The van der Waals surface area contributed by atoms with Gasteiger partial charge in [0, 0.05) is 31.8 Å². The molecular formula is C13H21N3O2. The van der Waals surface area contributed by atoms with Crippen molar-refractivity contribution >= 4 is 5.91 Å². The van der Waals surface area contributed by atoms with Crippen molar-refractivity contribution in [3.05, 3.63) is 11.8 Å². The van der Waals surface area contributed by atoms with Crippen LogP contribution in [0, 0.1) is 0 Å². The lowest BCUT2D eigenvalue weighted by molar-refractivity contribution is -0.133. The van der Waals surface area contributed by atoms with E-state index in [0.717, 1.165) is 12.8 Å². The van der Waals surface area contributed by atoms with Crippen LogP contribution in [-0.4, -0.2) is 34.1 Å². The maximum Gasteiger partial charge on any atom is 0.223 e. The standard InChI is InChI=1S/C13H21N3O2/c1-9(2)13-15-14-11(18-13)7-8-12(17)16(3)10-5-4-6-10/h9-10H,4-8H2,1-3H3. The van der Waals surface area contributed by atoms with E-state index in [0.29, 0.717) is 30.7 Å². The highest BCUT2D eigenvalue weighted by Crippen LogP contribution is 2.24. The highest BCUT2D eigenvalue weighted by molar-refractivity contribution is 5.76. The van der Waals surface area contributed by atoms with Crippen LogP contribution in [0.15, 0.2) is 4.42 Å². The van der Waals surface area contributed by atoms with Crippen LogP contribution in [0.25, 0.3) is 0 Å². The molecule has 5 nitrogen and oxygen atoms in total. The molecular weight excluding hydrogens is 230 g/mol. The van der Waals surface area contributed by atoms with Crippen molar-refractivity contribution in [2.75, 3.05) is 7.05 Å². The number of amides is 1. The average Bonchev–Trinajstić information content (AvgIpc) is 2.72. The molecule has 1 aliphatic carbocycles. The number of aryl methyl sites for hydroxylation is 1. The first-order valence-corrected chi connectivity index (χ1v) is 6.66. The first-order chi connectivity index (χ1) is 8.58. The highest BCUT2D eigenvalue weighted by atomic mass is 16.4. The summed E-state index contributed by atoms with van der Waals surface area (Å²) in [6.07, 6.45) is 4.51. The molecule has 5 heteroatoms. The second-order valence-electron chi connectivity index (χ2n) is 5.28. The summed E-state index contributed by atoms with van der Waals surface area (Å²) in [5.41, 5.74) is 0. The zero-order valence-electron chi connectivity index (χ0n) is 11.3. The molecule has 2 rings (SSSR count). The van der Waals surface area contributed by atoms with Gasteiger partial charge in [-0.1, -0.05) is 13.8 Å². The van der Waals surface area contributed by atoms with Gasteiger partial charge in [0.2, 0.25) is 17.7 Å². The minimum atomic E-state index is 0.170. The minimum Gasteiger partial charge on any atom is -0.425 e. The number of carbonyl (C=O) groups is 1. The SMILES string of the molecule is CC(C)c1nnc(CCC(=O)N(C)C2CCC2)o1. The van der Waals surface area contributed by atoms with Gasteiger partial charge < -0.3 is 9.32 Å². The number of nitrogens with zero attached hydrogens (tertiary/aromatic N) is 3. The van der Waals surface area contributed by atoms with Gasteiger partial charge in [-0.05, 0) is 19.3 Å². The first kappa shape index (κ1) is 13.1. The largest absolute Gasteiger partial charge is 0.425 e. The van der Waals surface area contributed by atoms with Crippen molar-refractivity contribution in [2.45, 2.75) is 57.9 Å². The van der Waals surface area contributed by atoms with E-state index in [1.165, 1.54) is 6.42 Å². The summed E-state index contributed by atoms with van der Waals surface area (Å²) in [4.78, 5) is 13.8. The molecule has 100 valence electrons. The summed E-state index contributed by atoms with van der Waals surface area (Å²) in [5.74, 6) is 1.61. The van der Waals surface area contributed by atoms with Crippen LogP contribution in [0.5, 0.6) is 0 Å². The molecule has 0 unspecified atom stereocenters. The Kier molecular flexibility index (Phi) is 3.99. The molecule has 0 N–H and O–H groups in total. The third-order valence-electron chi connectivity index (χ3n) is 3.54. The van der Waals surface area contributed by atoms with Gasteiger partial charge in [-0.2, -0.15) is 0 Å². The van der Waals surface area contributed by atoms with Crippen LogP contribution in [-0.2, 0) is 11.2 Å². The summed E-state index contributed by atoms with van der Waals surface area (Å²) in [6.45, 7) is 4.01. The number of hydrogen-bond acceptors (Lipinski definition) is 4. The average molecular weight is 251 g/mol. The fraction of sp³-hybridized carbons (Fsp3) is 0.769. The van der Waals surface area contributed by atoms with Crippen molar-refractivity contribution in [1.29, 1.82) is 0 Å². The smallest absolute Gasteiger partial charge is 0.223 e.